The fraction of sp³-hybridized carbons (Fsp3) is 0.769. The Morgan fingerprint density at radius 1 is 1.58 bits per heavy atom. The molecule has 2 rings (SSSR count). The van der Waals surface area contributed by atoms with Crippen LogP contribution >= 0.6 is 11.5 Å². The van der Waals surface area contributed by atoms with Crippen LogP contribution in [-0.2, 0) is 9.53 Å². The maximum Gasteiger partial charge on any atom is 0.314 e. The summed E-state index contributed by atoms with van der Waals surface area (Å²) >= 11 is 1.40. The van der Waals surface area contributed by atoms with Gasteiger partial charge in [-0.2, -0.15) is 4.37 Å². The van der Waals surface area contributed by atoms with Crippen LogP contribution < -0.4 is 4.90 Å². The van der Waals surface area contributed by atoms with Gasteiger partial charge in [-0.15, -0.1) is 0 Å². The molecule has 1 unspecified atom stereocenters. The molecule has 1 aliphatic heterocycles. The van der Waals surface area contributed by atoms with E-state index in [9.17, 15) is 4.79 Å². The van der Waals surface area contributed by atoms with E-state index >= 15 is 0 Å². The first-order valence-electron chi connectivity index (χ1n) is 6.72. The van der Waals surface area contributed by atoms with Gasteiger partial charge in [0.15, 0.2) is 0 Å². The molecule has 1 aromatic rings. The minimum atomic E-state index is -0.407. The van der Waals surface area contributed by atoms with Gasteiger partial charge in [0.2, 0.25) is 5.13 Å². The van der Waals surface area contributed by atoms with Gasteiger partial charge in [-0.3, -0.25) is 4.79 Å². The Morgan fingerprint density at radius 2 is 2.32 bits per heavy atom. The highest BCUT2D eigenvalue weighted by molar-refractivity contribution is 7.09. The summed E-state index contributed by atoms with van der Waals surface area (Å²) in [5.74, 6) is 0.970. The topological polar surface area (TPSA) is 55.3 Å². The van der Waals surface area contributed by atoms with Crippen molar-refractivity contribution < 1.29 is 9.53 Å². The summed E-state index contributed by atoms with van der Waals surface area (Å²) in [7, 11) is 0. The van der Waals surface area contributed by atoms with Crippen LogP contribution in [0.25, 0.3) is 0 Å². The lowest BCUT2D eigenvalue weighted by atomic mass is 9.76. The smallest absolute Gasteiger partial charge is 0.314 e. The quantitative estimate of drug-likeness (QED) is 0.793. The fourth-order valence-corrected chi connectivity index (χ4v) is 3.26. The van der Waals surface area contributed by atoms with Crippen molar-refractivity contribution in [3.63, 3.8) is 0 Å². The molecule has 0 aromatic carbocycles. The van der Waals surface area contributed by atoms with Gasteiger partial charge < -0.3 is 9.64 Å². The van der Waals surface area contributed by atoms with Gasteiger partial charge in [-0.25, -0.2) is 4.98 Å². The van der Waals surface area contributed by atoms with Gasteiger partial charge in [0.05, 0.1) is 12.0 Å². The monoisotopic (exact) mass is 283 g/mol. The zero-order chi connectivity index (χ0) is 14.0. The average Bonchev–Trinajstić information content (AvgIpc) is 2.95. The first-order valence-corrected chi connectivity index (χ1v) is 7.49. The van der Waals surface area contributed by atoms with E-state index in [2.05, 4.69) is 28.1 Å². The summed E-state index contributed by atoms with van der Waals surface area (Å²) in [5.41, 5.74) is -0.407. The van der Waals surface area contributed by atoms with Gasteiger partial charge in [-0.1, -0.05) is 13.8 Å². The number of carbonyl (C=O) groups excluding carboxylic acids is 1. The summed E-state index contributed by atoms with van der Waals surface area (Å²) in [4.78, 5) is 18.9. The Kier molecular flexibility index (Phi) is 4.08. The van der Waals surface area contributed by atoms with E-state index in [1.807, 2.05) is 13.8 Å². The second kappa shape index (κ2) is 5.45. The van der Waals surface area contributed by atoms with Crippen LogP contribution in [0.5, 0.6) is 0 Å². The number of hydrogen-bond acceptors (Lipinski definition) is 6. The standard InChI is InChI=1S/C13H21N3O2S/c1-5-18-11(17)13(9(2)3)6-7-16(8-13)12-14-10(4)15-19-12/h9H,5-8H2,1-4H3. The Morgan fingerprint density at radius 3 is 2.84 bits per heavy atom. The number of anilines is 1. The predicted molar refractivity (Wildman–Crippen MR) is 75.4 cm³/mol. The lowest BCUT2D eigenvalue weighted by Crippen LogP contribution is -2.40. The Bertz CT molecular complexity index is 460. The maximum atomic E-state index is 12.3. The van der Waals surface area contributed by atoms with Gasteiger partial charge in [0, 0.05) is 24.6 Å². The number of rotatable bonds is 4. The summed E-state index contributed by atoms with van der Waals surface area (Å²) in [6.45, 7) is 9.87. The molecule has 19 heavy (non-hydrogen) atoms. The van der Waals surface area contributed by atoms with Gasteiger partial charge in [-0.05, 0) is 26.2 Å². The third kappa shape index (κ3) is 2.59. The molecule has 0 aliphatic carbocycles. The predicted octanol–water partition coefficient (Wildman–Crippen LogP) is 2.26. The van der Waals surface area contributed by atoms with E-state index in [0.717, 1.165) is 23.9 Å². The minimum absolute atomic E-state index is 0.0752. The Labute approximate surface area is 118 Å². The number of ether oxygens (including phenoxy) is 1. The van der Waals surface area contributed by atoms with E-state index in [-0.39, 0.29) is 11.9 Å². The second-order valence-electron chi connectivity index (χ2n) is 5.33. The van der Waals surface area contributed by atoms with E-state index in [4.69, 9.17) is 4.74 Å². The van der Waals surface area contributed by atoms with Gasteiger partial charge >= 0.3 is 5.97 Å². The first-order chi connectivity index (χ1) is 8.99. The molecular formula is C13H21N3O2S. The lowest BCUT2D eigenvalue weighted by molar-refractivity contribution is -0.156. The van der Waals surface area contributed by atoms with E-state index < -0.39 is 5.41 Å². The number of aryl methyl sites for hydroxylation is 1. The third-order valence-corrected chi connectivity index (χ3v) is 4.74. The lowest BCUT2D eigenvalue weighted by Gasteiger charge is -2.30. The van der Waals surface area contributed by atoms with Crippen molar-refractivity contribution in [1.82, 2.24) is 9.36 Å². The molecule has 0 spiro atoms. The molecule has 1 aromatic heterocycles. The summed E-state index contributed by atoms with van der Waals surface area (Å²) in [6, 6.07) is 0. The SMILES string of the molecule is CCOC(=O)C1(C(C)C)CCN(c2nc(C)ns2)C1. The van der Waals surface area contributed by atoms with Gasteiger partial charge in [0.1, 0.15) is 5.82 Å². The number of aromatic nitrogens is 2. The highest BCUT2D eigenvalue weighted by atomic mass is 32.1. The Balaban J connectivity index is 2.18. The molecule has 1 aliphatic rings. The third-order valence-electron chi connectivity index (χ3n) is 3.88. The van der Waals surface area contributed by atoms with Crippen LogP contribution in [0, 0.1) is 18.3 Å². The second-order valence-corrected chi connectivity index (χ2v) is 6.06. The van der Waals surface area contributed by atoms with Crippen molar-refractivity contribution in [3.05, 3.63) is 5.82 Å². The molecule has 6 heteroatoms. The number of nitrogens with zero attached hydrogens (tertiary/aromatic N) is 3. The summed E-state index contributed by atoms with van der Waals surface area (Å²) in [6.07, 6.45) is 0.822. The van der Waals surface area contributed by atoms with Crippen LogP contribution in [0.4, 0.5) is 5.13 Å². The van der Waals surface area contributed by atoms with Crippen LogP contribution in [0.15, 0.2) is 0 Å². The molecule has 1 fully saturated rings. The molecule has 0 N–H and O–H groups in total. The molecule has 106 valence electrons. The summed E-state index contributed by atoms with van der Waals surface area (Å²) < 4.78 is 9.49. The van der Waals surface area contributed by atoms with Crippen molar-refractivity contribution in [2.45, 2.75) is 34.1 Å². The maximum absolute atomic E-state index is 12.3. The van der Waals surface area contributed by atoms with Crippen LogP contribution in [-0.4, -0.2) is 35.0 Å². The van der Waals surface area contributed by atoms with Crippen LogP contribution in [0.2, 0.25) is 0 Å². The molecule has 0 bridgehead atoms. The number of esters is 1. The molecular weight excluding hydrogens is 262 g/mol. The minimum Gasteiger partial charge on any atom is -0.466 e. The van der Waals surface area contributed by atoms with Crippen molar-refractivity contribution in [2.75, 3.05) is 24.6 Å². The summed E-state index contributed by atoms with van der Waals surface area (Å²) in [5, 5.41) is 0.907. The van der Waals surface area contributed by atoms with Crippen LogP contribution in [0.3, 0.4) is 0 Å². The fourth-order valence-electron chi connectivity index (χ4n) is 2.56. The van der Waals surface area contributed by atoms with E-state index in [0.29, 0.717) is 13.2 Å². The molecule has 0 amide bonds. The molecule has 1 atom stereocenters. The Hall–Kier alpha value is -1.17. The van der Waals surface area contributed by atoms with Crippen LogP contribution in [0.1, 0.15) is 33.0 Å². The largest absolute Gasteiger partial charge is 0.466 e. The van der Waals surface area contributed by atoms with Gasteiger partial charge in [0.25, 0.3) is 0 Å². The molecule has 0 radical (unpaired) electrons. The molecule has 5 nitrogen and oxygen atoms in total. The van der Waals surface area contributed by atoms with Crippen molar-refractivity contribution in [1.29, 1.82) is 0 Å². The van der Waals surface area contributed by atoms with Crippen molar-refractivity contribution in [3.8, 4) is 0 Å². The number of hydrogen-bond donors (Lipinski definition) is 0. The zero-order valence-corrected chi connectivity index (χ0v) is 12.8. The van der Waals surface area contributed by atoms with Crippen molar-refractivity contribution >= 4 is 22.6 Å². The van der Waals surface area contributed by atoms with Crippen molar-refractivity contribution in [2.24, 2.45) is 11.3 Å². The number of carbonyl (C=O) groups is 1. The average molecular weight is 283 g/mol. The molecule has 0 saturated carbocycles. The molecule has 1 saturated heterocycles. The van der Waals surface area contributed by atoms with E-state index in [1.165, 1.54) is 11.5 Å². The highest BCUT2D eigenvalue weighted by Gasteiger charge is 2.48. The zero-order valence-electron chi connectivity index (χ0n) is 12.0. The molecule has 2 heterocycles. The van der Waals surface area contributed by atoms with E-state index in [1.54, 1.807) is 0 Å². The normalized spacial score (nSPS) is 23.1. The first kappa shape index (κ1) is 14.2. The highest BCUT2D eigenvalue weighted by Crippen LogP contribution is 2.41.